The first kappa shape index (κ1) is 14.5. The Kier molecular flexibility index (Phi) is 5.61. The highest BCUT2D eigenvalue weighted by Crippen LogP contribution is 2.16. The summed E-state index contributed by atoms with van der Waals surface area (Å²) in [7, 11) is 0. The number of rotatable bonds is 3. The van der Waals surface area contributed by atoms with Crippen LogP contribution in [-0.4, -0.2) is 49.0 Å². The van der Waals surface area contributed by atoms with Crippen molar-refractivity contribution >= 4 is 17.8 Å². The number of hydrogen-bond donors (Lipinski definition) is 0. The Morgan fingerprint density at radius 3 is 2.50 bits per heavy atom. The van der Waals surface area contributed by atoms with Crippen LogP contribution in [0.5, 0.6) is 0 Å². The van der Waals surface area contributed by atoms with E-state index in [1.54, 1.807) is 13.8 Å². The van der Waals surface area contributed by atoms with Crippen LogP contribution in [0.4, 0.5) is 4.79 Å². The van der Waals surface area contributed by atoms with Crippen molar-refractivity contribution in [1.82, 2.24) is 4.90 Å². The Balaban J connectivity index is 2.60. The Labute approximate surface area is 106 Å². The minimum atomic E-state index is -0.746. The first-order chi connectivity index (χ1) is 8.60. The Hall–Kier alpha value is -1.59. The molecular formula is C12H19NO5. The zero-order valence-corrected chi connectivity index (χ0v) is 10.8. The second-order valence-corrected chi connectivity index (χ2v) is 4.00. The molecule has 0 spiro atoms. The predicted octanol–water partition coefficient (Wildman–Crippen LogP) is 0.987. The minimum Gasteiger partial charge on any atom is -0.465 e. The normalized spacial score (nSPS) is 20.2. The number of esters is 1. The molecule has 0 radical (unpaired) electrons. The molecule has 1 fully saturated rings. The fraction of sp³-hybridized carbons (Fsp3) is 0.750. The topological polar surface area (TPSA) is 72.9 Å². The number of Topliss-reactive ketones (excluding diaryl/α,β-unsaturated/α-hetero) is 1. The van der Waals surface area contributed by atoms with Crippen molar-refractivity contribution in [3.63, 3.8) is 0 Å². The van der Waals surface area contributed by atoms with E-state index < -0.39 is 18.0 Å². The van der Waals surface area contributed by atoms with Gasteiger partial charge in [-0.2, -0.15) is 0 Å². The van der Waals surface area contributed by atoms with Gasteiger partial charge in [-0.1, -0.05) is 0 Å². The fourth-order valence-corrected chi connectivity index (χ4v) is 1.87. The maximum atomic E-state index is 11.8. The van der Waals surface area contributed by atoms with E-state index in [0.717, 1.165) is 0 Å². The van der Waals surface area contributed by atoms with Crippen LogP contribution in [0.15, 0.2) is 0 Å². The summed E-state index contributed by atoms with van der Waals surface area (Å²) in [5.41, 5.74) is 0. The Morgan fingerprint density at radius 2 is 1.89 bits per heavy atom. The van der Waals surface area contributed by atoms with Gasteiger partial charge in [0.2, 0.25) is 0 Å². The molecule has 0 N–H and O–H groups in total. The van der Waals surface area contributed by atoms with Gasteiger partial charge in [0.1, 0.15) is 11.7 Å². The van der Waals surface area contributed by atoms with E-state index >= 15 is 0 Å². The van der Waals surface area contributed by atoms with Gasteiger partial charge in [0.05, 0.1) is 13.2 Å². The quantitative estimate of drug-likeness (QED) is 0.557. The van der Waals surface area contributed by atoms with Crippen molar-refractivity contribution in [2.45, 2.75) is 26.7 Å². The van der Waals surface area contributed by atoms with Crippen LogP contribution in [0.3, 0.4) is 0 Å². The van der Waals surface area contributed by atoms with E-state index in [-0.39, 0.29) is 18.8 Å². The summed E-state index contributed by atoms with van der Waals surface area (Å²) in [5.74, 6) is -1.40. The Morgan fingerprint density at radius 1 is 1.22 bits per heavy atom. The lowest BCUT2D eigenvalue weighted by Crippen LogP contribution is -2.32. The van der Waals surface area contributed by atoms with Gasteiger partial charge in [-0.05, 0) is 20.3 Å². The summed E-state index contributed by atoms with van der Waals surface area (Å²) in [4.78, 5) is 36.4. The number of likely N-dealkylation sites (tertiary alicyclic amines) is 1. The third kappa shape index (κ3) is 3.72. The maximum Gasteiger partial charge on any atom is 0.409 e. The van der Waals surface area contributed by atoms with Crippen molar-refractivity contribution < 1.29 is 23.9 Å². The molecule has 0 bridgehead atoms. The highest BCUT2D eigenvalue weighted by molar-refractivity contribution is 5.99. The van der Waals surface area contributed by atoms with Gasteiger partial charge in [-0.3, -0.25) is 9.59 Å². The monoisotopic (exact) mass is 257 g/mol. The van der Waals surface area contributed by atoms with E-state index in [0.29, 0.717) is 26.1 Å². The number of ketones is 1. The molecule has 1 aliphatic rings. The molecule has 1 aliphatic heterocycles. The molecule has 1 heterocycles. The molecule has 0 aromatic carbocycles. The molecule has 1 saturated heterocycles. The average Bonchev–Trinajstić information content (AvgIpc) is 2.52. The highest BCUT2D eigenvalue weighted by atomic mass is 16.6. The van der Waals surface area contributed by atoms with Gasteiger partial charge >= 0.3 is 12.1 Å². The van der Waals surface area contributed by atoms with Gasteiger partial charge in [0.15, 0.2) is 0 Å². The second-order valence-electron chi connectivity index (χ2n) is 4.00. The smallest absolute Gasteiger partial charge is 0.409 e. The van der Waals surface area contributed by atoms with Gasteiger partial charge in [-0.25, -0.2) is 4.79 Å². The third-order valence-corrected chi connectivity index (χ3v) is 2.80. The van der Waals surface area contributed by atoms with Crippen LogP contribution < -0.4 is 0 Å². The Bertz CT molecular complexity index is 328. The van der Waals surface area contributed by atoms with Gasteiger partial charge in [0, 0.05) is 19.5 Å². The molecule has 0 unspecified atom stereocenters. The molecule has 1 rings (SSSR count). The highest BCUT2D eigenvalue weighted by Gasteiger charge is 2.32. The maximum absolute atomic E-state index is 11.8. The first-order valence-corrected chi connectivity index (χ1v) is 6.21. The molecule has 1 amide bonds. The molecule has 18 heavy (non-hydrogen) atoms. The van der Waals surface area contributed by atoms with E-state index in [4.69, 9.17) is 9.47 Å². The van der Waals surface area contributed by atoms with Crippen LogP contribution in [0.2, 0.25) is 0 Å². The van der Waals surface area contributed by atoms with Crippen molar-refractivity contribution in [2.75, 3.05) is 26.3 Å². The number of hydrogen-bond acceptors (Lipinski definition) is 5. The third-order valence-electron chi connectivity index (χ3n) is 2.80. The number of carbonyl (C=O) groups is 3. The molecule has 0 saturated carbocycles. The molecule has 102 valence electrons. The summed E-state index contributed by atoms with van der Waals surface area (Å²) < 4.78 is 9.73. The number of carbonyl (C=O) groups excluding carboxylic acids is 3. The van der Waals surface area contributed by atoms with E-state index in [9.17, 15) is 14.4 Å². The summed E-state index contributed by atoms with van der Waals surface area (Å²) in [6.07, 6.45) is 0.0356. The average molecular weight is 257 g/mol. The van der Waals surface area contributed by atoms with Crippen LogP contribution in [-0.2, 0) is 19.1 Å². The summed E-state index contributed by atoms with van der Waals surface area (Å²) in [5, 5.41) is 0. The van der Waals surface area contributed by atoms with E-state index in [1.165, 1.54) is 4.90 Å². The van der Waals surface area contributed by atoms with Gasteiger partial charge < -0.3 is 14.4 Å². The summed E-state index contributed by atoms with van der Waals surface area (Å²) in [6, 6.07) is 0. The number of ether oxygens (including phenoxy) is 2. The van der Waals surface area contributed by atoms with Crippen LogP contribution in [0.1, 0.15) is 26.7 Å². The minimum absolute atomic E-state index is 0.166. The van der Waals surface area contributed by atoms with Crippen LogP contribution >= 0.6 is 0 Å². The largest absolute Gasteiger partial charge is 0.465 e. The number of nitrogens with zero attached hydrogens (tertiary/aromatic N) is 1. The van der Waals surface area contributed by atoms with Crippen LogP contribution in [0.25, 0.3) is 0 Å². The lowest BCUT2D eigenvalue weighted by atomic mass is 10.00. The molecule has 6 nitrogen and oxygen atoms in total. The lowest BCUT2D eigenvalue weighted by Gasteiger charge is -2.18. The first-order valence-electron chi connectivity index (χ1n) is 6.21. The zero-order chi connectivity index (χ0) is 13.5. The molecule has 0 aliphatic carbocycles. The van der Waals surface area contributed by atoms with Crippen LogP contribution in [0, 0.1) is 5.92 Å². The standard InChI is InChI=1S/C12H19NO5/c1-3-17-11(15)9-5-7-13(8-6-10(9)14)12(16)18-4-2/h9H,3-8H2,1-2H3/t9-/m0/s1. The van der Waals surface area contributed by atoms with Crippen molar-refractivity contribution in [3.8, 4) is 0 Å². The zero-order valence-electron chi connectivity index (χ0n) is 10.8. The molecule has 6 heteroatoms. The molecule has 0 aromatic rings. The van der Waals surface area contributed by atoms with Crippen molar-refractivity contribution in [3.05, 3.63) is 0 Å². The van der Waals surface area contributed by atoms with Gasteiger partial charge in [0.25, 0.3) is 0 Å². The number of amides is 1. The second kappa shape index (κ2) is 6.98. The molecule has 1 atom stereocenters. The van der Waals surface area contributed by atoms with Crippen molar-refractivity contribution in [1.29, 1.82) is 0 Å². The summed E-state index contributed by atoms with van der Waals surface area (Å²) in [6.45, 7) is 4.61. The van der Waals surface area contributed by atoms with Crippen molar-refractivity contribution in [2.24, 2.45) is 5.92 Å². The van der Waals surface area contributed by atoms with E-state index in [1.807, 2.05) is 0 Å². The summed E-state index contributed by atoms with van der Waals surface area (Å²) >= 11 is 0. The predicted molar refractivity (Wildman–Crippen MR) is 63.0 cm³/mol. The molecule has 0 aromatic heterocycles. The molecular weight excluding hydrogens is 238 g/mol. The fourth-order valence-electron chi connectivity index (χ4n) is 1.87. The van der Waals surface area contributed by atoms with Gasteiger partial charge in [-0.15, -0.1) is 0 Å². The SMILES string of the molecule is CCOC(=O)[C@H]1CCN(C(=O)OCC)CCC1=O. The van der Waals surface area contributed by atoms with E-state index in [2.05, 4.69) is 0 Å². The lowest BCUT2D eigenvalue weighted by molar-refractivity contribution is -0.151.